The molecule has 0 bridgehead atoms. The third kappa shape index (κ3) is 8.27. The van der Waals surface area contributed by atoms with E-state index in [1.54, 1.807) is 0 Å². The van der Waals surface area contributed by atoms with E-state index in [2.05, 4.69) is 4.90 Å². The molecule has 1 aliphatic heterocycles. The number of rotatable bonds is 7. The van der Waals surface area contributed by atoms with Gasteiger partial charge in [0.15, 0.2) is 0 Å². The number of piperazine rings is 1. The molecule has 1 heterocycles. The standard InChI is InChI=1S/C16H32N2O3/c1-16(2,3)21-15(20)18-12-10-17(11-13-18)9-7-5-4-6-8-14-19/h19H,4-14H2,1-3H3. The second-order valence-electron chi connectivity index (χ2n) is 6.80. The molecule has 1 fully saturated rings. The van der Waals surface area contributed by atoms with Crippen LogP contribution in [0.5, 0.6) is 0 Å². The normalized spacial score (nSPS) is 17.0. The predicted molar refractivity (Wildman–Crippen MR) is 84.4 cm³/mol. The Morgan fingerprint density at radius 3 is 2.14 bits per heavy atom. The third-order valence-corrected chi connectivity index (χ3v) is 3.66. The molecule has 1 N–H and O–H groups in total. The Kier molecular flexibility index (Phi) is 8.04. The van der Waals surface area contributed by atoms with E-state index in [0.29, 0.717) is 6.61 Å². The number of aliphatic hydroxyl groups is 1. The zero-order valence-corrected chi connectivity index (χ0v) is 13.9. The van der Waals surface area contributed by atoms with Gasteiger partial charge in [0.1, 0.15) is 5.60 Å². The number of unbranched alkanes of at least 4 members (excludes halogenated alkanes) is 4. The summed E-state index contributed by atoms with van der Waals surface area (Å²) in [6, 6.07) is 0. The fraction of sp³-hybridized carbons (Fsp3) is 0.938. The largest absolute Gasteiger partial charge is 0.444 e. The molecule has 0 aromatic carbocycles. The number of carbonyl (C=O) groups is 1. The predicted octanol–water partition coefficient (Wildman–Crippen LogP) is 2.48. The van der Waals surface area contributed by atoms with Gasteiger partial charge < -0.3 is 14.7 Å². The lowest BCUT2D eigenvalue weighted by Crippen LogP contribution is -2.50. The summed E-state index contributed by atoms with van der Waals surface area (Å²) < 4.78 is 5.40. The Morgan fingerprint density at radius 1 is 1.00 bits per heavy atom. The second-order valence-corrected chi connectivity index (χ2v) is 6.80. The van der Waals surface area contributed by atoms with Gasteiger partial charge in [-0.3, -0.25) is 4.90 Å². The molecule has 0 spiro atoms. The Hall–Kier alpha value is -0.810. The first-order chi connectivity index (χ1) is 9.92. The number of amides is 1. The minimum Gasteiger partial charge on any atom is -0.444 e. The Bertz CT molecular complexity index is 294. The van der Waals surface area contributed by atoms with Gasteiger partial charge in [-0.2, -0.15) is 0 Å². The van der Waals surface area contributed by atoms with Gasteiger partial charge in [-0.25, -0.2) is 4.79 Å². The molecule has 0 atom stereocenters. The quantitative estimate of drug-likeness (QED) is 0.734. The van der Waals surface area contributed by atoms with E-state index in [1.165, 1.54) is 19.3 Å². The van der Waals surface area contributed by atoms with Gasteiger partial charge in [-0.1, -0.05) is 19.3 Å². The van der Waals surface area contributed by atoms with E-state index in [0.717, 1.165) is 45.6 Å². The van der Waals surface area contributed by atoms with E-state index in [1.807, 2.05) is 25.7 Å². The summed E-state index contributed by atoms with van der Waals surface area (Å²) in [5, 5.41) is 8.72. The maximum Gasteiger partial charge on any atom is 0.410 e. The highest BCUT2D eigenvalue weighted by Crippen LogP contribution is 2.12. The number of carbonyl (C=O) groups excluding carboxylic acids is 1. The highest BCUT2D eigenvalue weighted by atomic mass is 16.6. The highest BCUT2D eigenvalue weighted by Gasteiger charge is 2.25. The minimum absolute atomic E-state index is 0.189. The Labute approximate surface area is 129 Å². The van der Waals surface area contributed by atoms with Crippen LogP contribution in [-0.2, 0) is 4.74 Å². The fourth-order valence-corrected chi connectivity index (χ4v) is 2.46. The van der Waals surface area contributed by atoms with E-state index in [9.17, 15) is 4.79 Å². The Balaban J connectivity index is 2.10. The van der Waals surface area contributed by atoms with Gasteiger partial charge >= 0.3 is 6.09 Å². The molecule has 0 saturated carbocycles. The van der Waals surface area contributed by atoms with Gasteiger partial charge in [0, 0.05) is 32.8 Å². The van der Waals surface area contributed by atoms with Crippen molar-refractivity contribution in [2.45, 2.75) is 58.5 Å². The van der Waals surface area contributed by atoms with Crippen LogP contribution in [0.1, 0.15) is 52.9 Å². The first-order valence-corrected chi connectivity index (χ1v) is 8.23. The first kappa shape index (κ1) is 18.2. The summed E-state index contributed by atoms with van der Waals surface area (Å²) in [4.78, 5) is 16.2. The van der Waals surface area contributed by atoms with Crippen LogP contribution in [0.2, 0.25) is 0 Å². The number of nitrogens with zero attached hydrogens (tertiary/aromatic N) is 2. The molecule has 124 valence electrons. The molecular formula is C16H32N2O3. The van der Waals surface area contributed by atoms with Gasteiger partial charge in [0.05, 0.1) is 0 Å². The number of hydrogen-bond acceptors (Lipinski definition) is 4. The lowest BCUT2D eigenvalue weighted by atomic mass is 10.1. The van der Waals surface area contributed by atoms with Crippen LogP contribution in [-0.4, -0.2) is 65.9 Å². The van der Waals surface area contributed by atoms with Crippen LogP contribution in [0, 0.1) is 0 Å². The molecule has 5 heteroatoms. The average Bonchev–Trinajstić information content (AvgIpc) is 2.41. The fourth-order valence-electron chi connectivity index (χ4n) is 2.46. The van der Waals surface area contributed by atoms with Crippen molar-refractivity contribution >= 4 is 6.09 Å². The van der Waals surface area contributed by atoms with Crippen molar-refractivity contribution in [2.24, 2.45) is 0 Å². The summed E-state index contributed by atoms with van der Waals surface area (Å²) in [5.74, 6) is 0. The summed E-state index contributed by atoms with van der Waals surface area (Å²) >= 11 is 0. The molecule has 0 radical (unpaired) electrons. The van der Waals surface area contributed by atoms with Crippen molar-refractivity contribution in [2.75, 3.05) is 39.3 Å². The molecule has 0 aromatic heterocycles. The number of hydrogen-bond donors (Lipinski definition) is 1. The smallest absolute Gasteiger partial charge is 0.410 e. The molecule has 1 saturated heterocycles. The lowest BCUT2D eigenvalue weighted by molar-refractivity contribution is 0.0144. The molecule has 0 unspecified atom stereocenters. The van der Waals surface area contributed by atoms with Crippen molar-refractivity contribution in [1.29, 1.82) is 0 Å². The summed E-state index contributed by atoms with van der Waals surface area (Å²) in [6.07, 6.45) is 5.51. The van der Waals surface area contributed by atoms with E-state index in [-0.39, 0.29) is 6.09 Å². The van der Waals surface area contributed by atoms with Crippen molar-refractivity contribution in [3.8, 4) is 0 Å². The van der Waals surface area contributed by atoms with Crippen LogP contribution in [0.4, 0.5) is 4.79 Å². The zero-order valence-electron chi connectivity index (χ0n) is 13.9. The van der Waals surface area contributed by atoms with E-state index < -0.39 is 5.60 Å². The van der Waals surface area contributed by atoms with Gasteiger partial charge in [0.2, 0.25) is 0 Å². The topological polar surface area (TPSA) is 53.0 Å². The molecule has 1 amide bonds. The monoisotopic (exact) mass is 300 g/mol. The molecule has 1 aliphatic rings. The maximum absolute atomic E-state index is 11.9. The van der Waals surface area contributed by atoms with Gasteiger partial charge in [0.25, 0.3) is 0 Å². The van der Waals surface area contributed by atoms with Crippen molar-refractivity contribution in [1.82, 2.24) is 9.80 Å². The highest BCUT2D eigenvalue weighted by molar-refractivity contribution is 5.68. The van der Waals surface area contributed by atoms with Crippen molar-refractivity contribution in [3.05, 3.63) is 0 Å². The molecule has 0 aliphatic carbocycles. The van der Waals surface area contributed by atoms with E-state index >= 15 is 0 Å². The van der Waals surface area contributed by atoms with Crippen LogP contribution in [0.3, 0.4) is 0 Å². The van der Waals surface area contributed by atoms with Gasteiger partial charge in [-0.05, 0) is 40.2 Å². The van der Waals surface area contributed by atoms with E-state index in [4.69, 9.17) is 9.84 Å². The van der Waals surface area contributed by atoms with Gasteiger partial charge in [-0.15, -0.1) is 0 Å². The van der Waals surface area contributed by atoms with Crippen LogP contribution >= 0.6 is 0 Å². The summed E-state index contributed by atoms with van der Waals surface area (Å²) in [6.45, 7) is 10.5. The second kappa shape index (κ2) is 9.26. The average molecular weight is 300 g/mol. The minimum atomic E-state index is -0.414. The SMILES string of the molecule is CC(C)(C)OC(=O)N1CCN(CCCCCCCO)CC1. The third-order valence-electron chi connectivity index (χ3n) is 3.66. The lowest BCUT2D eigenvalue weighted by Gasteiger charge is -2.35. The number of ether oxygens (including phenoxy) is 1. The zero-order chi connectivity index (χ0) is 15.7. The molecule has 0 aromatic rings. The summed E-state index contributed by atoms with van der Waals surface area (Å²) in [7, 11) is 0. The van der Waals surface area contributed by atoms with Crippen LogP contribution in [0.25, 0.3) is 0 Å². The van der Waals surface area contributed by atoms with Crippen LogP contribution in [0.15, 0.2) is 0 Å². The van der Waals surface area contributed by atoms with Crippen LogP contribution < -0.4 is 0 Å². The van der Waals surface area contributed by atoms with Crippen molar-refractivity contribution in [3.63, 3.8) is 0 Å². The molecule has 1 rings (SSSR count). The number of aliphatic hydroxyl groups excluding tert-OH is 1. The summed E-state index contributed by atoms with van der Waals surface area (Å²) in [5.41, 5.74) is -0.414. The van der Waals surface area contributed by atoms with Crippen molar-refractivity contribution < 1.29 is 14.6 Å². The first-order valence-electron chi connectivity index (χ1n) is 8.23. The molecular weight excluding hydrogens is 268 g/mol. The maximum atomic E-state index is 11.9. The molecule has 5 nitrogen and oxygen atoms in total. The Morgan fingerprint density at radius 2 is 1.57 bits per heavy atom. The molecule has 21 heavy (non-hydrogen) atoms.